The zero-order chi connectivity index (χ0) is 12.3. The largest absolute Gasteiger partial charge is 0.324 e. The summed E-state index contributed by atoms with van der Waals surface area (Å²) in [5.74, 6) is 6.60. The Morgan fingerprint density at radius 1 is 1.59 bits per heavy atom. The predicted molar refractivity (Wildman–Crippen MR) is 73.9 cm³/mol. The van der Waals surface area contributed by atoms with Gasteiger partial charge in [-0.1, -0.05) is 0 Å². The van der Waals surface area contributed by atoms with Gasteiger partial charge in [0.2, 0.25) is 0 Å². The Labute approximate surface area is 107 Å². The minimum absolute atomic E-state index is 0.349. The highest BCUT2D eigenvalue weighted by Gasteiger charge is 2.26. The van der Waals surface area contributed by atoms with Crippen LogP contribution in [0.5, 0.6) is 0 Å². The van der Waals surface area contributed by atoms with Gasteiger partial charge in [0.05, 0.1) is 11.4 Å². The van der Waals surface area contributed by atoms with E-state index in [1.54, 1.807) is 6.20 Å². The first-order valence-electron chi connectivity index (χ1n) is 5.87. The average molecular weight is 252 g/mol. The van der Waals surface area contributed by atoms with Gasteiger partial charge in [-0.2, -0.15) is 11.8 Å². The van der Waals surface area contributed by atoms with Crippen molar-refractivity contribution >= 4 is 17.4 Å². The first kappa shape index (κ1) is 12.7. The monoisotopic (exact) mass is 252 g/mol. The molecule has 0 spiro atoms. The van der Waals surface area contributed by atoms with Gasteiger partial charge in [0.25, 0.3) is 0 Å². The molecule has 2 rings (SSSR count). The molecule has 0 aliphatic carbocycles. The van der Waals surface area contributed by atoms with Crippen LogP contribution < -0.4 is 11.3 Å². The van der Waals surface area contributed by atoms with Crippen molar-refractivity contribution in [1.82, 2.24) is 9.88 Å². The van der Waals surface area contributed by atoms with Crippen LogP contribution in [0.4, 0.5) is 5.69 Å². The second-order valence-corrected chi connectivity index (χ2v) is 6.80. The van der Waals surface area contributed by atoms with Gasteiger partial charge in [0.15, 0.2) is 0 Å². The second-order valence-electron chi connectivity index (χ2n) is 5.00. The number of nitrogens with zero attached hydrogens (tertiary/aromatic N) is 2. The Morgan fingerprint density at radius 3 is 3.12 bits per heavy atom. The lowest BCUT2D eigenvalue weighted by atomic mass is 10.1. The molecular weight excluding hydrogens is 232 g/mol. The van der Waals surface area contributed by atoms with Gasteiger partial charge in [-0.05, 0) is 26.0 Å². The van der Waals surface area contributed by atoms with E-state index < -0.39 is 0 Å². The van der Waals surface area contributed by atoms with Crippen molar-refractivity contribution in [3.05, 3.63) is 24.0 Å². The van der Waals surface area contributed by atoms with Gasteiger partial charge < -0.3 is 5.43 Å². The highest BCUT2D eigenvalue weighted by molar-refractivity contribution is 8.00. The third-order valence-electron chi connectivity index (χ3n) is 2.87. The van der Waals surface area contributed by atoms with Crippen molar-refractivity contribution in [3.8, 4) is 0 Å². The summed E-state index contributed by atoms with van der Waals surface area (Å²) in [7, 11) is 0. The molecule has 4 nitrogen and oxygen atoms in total. The fourth-order valence-electron chi connectivity index (χ4n) is 2.13. The molecule has 1 aliphatic heterocycles. The zero-order valence-electron chi connectivity index (χ0n) is 10.4. The van der Waals surface area contributed by atoms with Crippen LogP contribution in [0.2, 0.25) is 0 Å². The van der Waals surface area contributed by atoms with Gasteiger partial charge in [-0.25, -0.2) is 0 Å². The van der Waals surface area contributed by atoms with Crippen molar-refractivity contribution in [2.24, 2.45) is 5.84 Å². The Morgan fingerprint density at radius 2 is 2.41 bits per heavy atom. The number of rotatable bonds is 3. The number of thioether (sulfide) groups is 1. The number of hydrogen-bond donors (Lipinski definition) is 2. The number of anilines is 1. The topological polar surface area (TPSA) is 54.2 Å². The lowest BCUT2D eigenvalue weighted by molar-refractivity contribution is 0.250. The Bertz CT molecular complexity index is 381. The molecule has 3 N–H and O–H groups in total. The van der Waals surface area contributed by atoms with Gasteiger partial charge in [0.1, 0.15) is 0 Å². The summed E-state index contributed by atoms with van der Waals surface area (Å²) in [4.78, 5) is 6.84. The Kier molecular flexibility index (Phi) is 3.91. The fraction of sp³-hybridized carbons (Fsp3) is 0.583. The number of hydrazine groups is 1. The maximum absolute atomic E-state index is 5.40. The molecule has 1 saturated heterocycles. The maximum Gasteiger partial charge on any atom is 0.0564 e. The molecule has 2 heterocycles. The summed E-state index contributed by atoms with van der Waals surface area (Å²) in [6.07, 6.45) is 1.80. The molecule has 0 unspecified atom stereocenters. The van der Waals surface area contributed by atoms with Gasteiger partial charge in [0, 0.05) is 36.3 Å². The van der Waals surface area contributed by atoms with Crippen LogP contribution in [0.15, 0.2) is 18.3 Å². The van der Waals surface area contributed by atoms with Crippen molar-refractivity contribution in [3.63, 3.8) is 0 Å². The second kappa shape index (κ2) is 5.25. The SMILES string of the molecule is CC1(C)CN(Cc2cc(NN)ccn2)CCS1. The van der Waals surface area contributed by atoms with Crippen LogP contribution in [0.1, 0.15) is 19.5 Å². The van der Waals surface area contributed by atoms with E-state index in [9.17, 15) is 0 Å². The van der Waals surface area contributed by atoms with E-state index in [2.05, 4.69) is 29.2 Å². The summed E-state index contributed by atoms with van der Waals surface area (Å²) in [6, 6.07) is 3.88. The minimum atomic E-state index is 0.349. The molecule has 94 valence electrons. The predicted octanol–water partition coefficient (Wildman–Crippen LogP) is 1.69. The maximum atomic E-state index is 5.40. The van der Waals surface area contributed by atoms with Crippen molar-refractivity contribution < 1.29 is 0 Å². The van der Waals surface area contributed by atoms with E-state index in [1.807, 2.05) is 23.9 Å². The molecule has 1 aromatic rings. The Balaban J connectivity index is 2.00. The summed E-state index contributed by atoms with van der Waals surface area (Å²) in [5, 5.41) is 0. The minimum Gasteiger partial charge on any atom is -0.324 e. The molecule has 0 radical (unpaired) electrons. The van der Waals surface area contributed by atoms with Crippen molar-refractivity contribution in [2.75, 3.05) is 24.3 Å². The molecular formula is C12H20N4S. The lowest BCUT2D eigenvalue weighted by Gasteiger charge is -2.37. The van der Waals surface area contributed by atoms with E-state index in [0.29, 0.717) is 4.75 Å². The van der Waals surface area contributed by atoms with Crippen LogP contribution in [0.3, 0.4) is 0 Å². The van der Waals surface area contributed by atoms with Gasteiger partial charge in [-0.3, -0.25) is 15.7 Å². The quantitative estimate of drug-likeness (QED) is 0.633. The first-order chi connectivity index (χ1) is 8.09. The third-order valence-corrected chi connectivity index (χ3v) is 4.17. The standard InChI is InChI=1S/C12H20N4S/c1-12(2)9-16(5-6-17-12)8-11-7-10(15-13)3-4-14-11/h3-4,7H,5-6,8-9,13H2,1-2H3,(H,14,15). The average Bonchev–Trinajstić information content (AvgIpc) is 2.28. The molecule has 1 aromatic heterocycles. The third kappa shape index (κ3) is 3.59. The molecule has 0 amide bonds. The summed E-state index contributed by atoms with van der Waals surface area (Å²) >= 11 is 2.05. The highest BCUT2D eigenvalue weighted by Crippen LogP contribution is 2.30. The number of hydrogen-bond acceptors (Lipinski definition) is 5. The number of pyridine rings is 1. The molecule has 0 atom stereocenters. The van der Waals surface area contributed by atoms with E-state index in [0.717, 1.165) is 31.0 Å². The van der Waals surface area contributed by atoms with E-state index in [1.165, 1.54) is 5.75 Å². The highest BCUT2D eigenvalue weighted by atomic mass is 32.2. The van der Waals surface area contributed by atoms with Crippen LogP contribution in [0.25, 0.3) is 0 Å². The van der Waals surface area contributed by atoms with Crippen LogP contribution in [-0.4, -0.2) is 33.5 Å². The van der Waals surface area contributed by atoms with Crippen LogP contribution in [0, 0.1) is 0 Å². The summed E-state index contributed by atoms with van der Waals surface area (Å²) in [6.45, 7) is 7.75. The fourth-order valence-corrected chi connectivity index (χ4v) is 3.31. The van der Waals surface area contributed by atoms with Crippen molar-refractivity contribution in [2.45, 2.75) is 25.1 Å². The zero-order valence-corrected chi connectivity index (χ0v) is 11.3. The van der Waals surface area contributed by atoms with Gasteiger partial charge >= 0.3 is 0 Å². The Hall–Kier alpha value is -0.780. The number of nitrogen functional groups attached to an aromatic ring is 1. The normalized spacial score (nSPS) is 20.2. The van der Waals surface area contributed by atoms with E-state index >= 15 is 0 Å². The lowest BCUT2D eigenvalue weighted by Crippen LogP contribution is -2.42. The summed E-state index contributed by atoms with van der Waals surface area (Å²) in [5.41, 5.74) is 4.65. The van der Waals surface area contributed by atoms with Gasteiger partial charge in [-0.15, -0.1) is 0 Å². The molecule has 5 heteroatoms. The molecule has 0 bridgehead atoms. The number of nitrogens with two attached hydrogens (primary N) is 1. The molecule has 1 aliphatic rings. The summed E-state index contributed by atoms with van der Waals surface area (Å²) < 4.78 is 0.349. The smallest absolute Gasteiger partial charge is 0.0564 e. The number of aromatic nitrogens is 1. The van der Waals surface area contributed by atoms with Crippen molar-refractivity contribution in [1.29, 1.82) is 0 Å². The molecule has 0 saturated carbocycles. The first-order valence-corrected chi connectivity index (χ1v) is 6.85. The van der Waals surface area contributed by atoms with E-state index in [4.69, 9.17) is 5.84 Å². The van der Waals surface area contributed by atoms with E-state index in [-0.39, 0.29) is 0 Å². The van der Waals surface area contributed by atoms with Crippen LogP contribution >= 0.6 is 11.8 Å². The molecule has 17 heavy (non-hydrogen) atoms. The van der Waals surface area contributed by atoms with Crippen LogP contribution in [-0.2, 0) is 6.54 Å². The number of nitrogens with one attached hydrogen (secondary N) is 1. The molecule has 0 aromatic carbocycles. The molecule has 1 fully saturated rings.